The van der Waals surface area contributed by atoms with Crippen molar-refractivity contribution in [3.8, 4) is 0 Å². The number of fused-ring (bicyclic) bond motifs is 1. The third kappa shape index (κ3) is 4.52. The molecule has 0 radical (unpaired) electrons. The number of piperidine rings is 1. The highest BCUT2D eigenvalue weighted by molar-refractivity contribution is 7.90. The molecule has 4 aliphatic rings. The first kappa shape index (κ1) is 23.5. The van der Waals surface area contributed by atoms with Crippen LogP contribution in [0.5, 0.6) is 0 Å². The Morgan fingerprint density at radius 2 is 1.72 bits per heavy atom. The van der Waals surface area contributed by atoms with Gasteiger partial charge in [-0.05, 0) is 44.4 Å². The van der Waals surface area contributed by atoms with E-state index in [-0.39, 0.29) is 55.9 Å². The van der Waals surface area contributed by atoms with Crippen LogP contribution in [0.25, 0.3) is 0 Å². The maximum absolute atomic E-state index is 13.4. The Bertz CT molecular complexity index is 893. The molecule has 0 aromatic rings. The molecule has 0 bridgehead atoms. The van der Waals surface area contributed by atoms with E-state index in [1.807, 2.05) is 0 Å². The lowest BCUT2D eigenvalue weighted by Crippen LogP contribution is -2.53. The first-order valence-electron chi connectivity index (χ1n) is 11.2. The number of amides is 3. The summed E-state index contributed by atoms with van der Waals surface area (Å²) in [5, 5.41) is 0.758. The van der Waals surface area contributed by atoms with E-state index in [1.54, 1.807) is 0 Å². The summed E-state index contributed by atoms with van der Waals surface area (Å²) in [5.74, 6) is -3.42. The predicted molar refractivity (Wildman–Crippen MR) is 106 cm³/mol. The molecule has 12 heteroatoms. The molecule has 4 fully saturated rings. The monoisotopic (exact) mass is 479 g/mol. The van der Waals surface area contributed by atoms with Gasteiger partial charge in [-0.1, -0.05) is 12.8 Å². The quantitative estimate of drug-likeness (QED) is 0.593. The number of carbonyl (C=O) groups is 3. The molecule has 3 amide bonds. The van der Waals surface area contributed by atoms with Crippen LogP contribution in [0.2, 0.25) is 0 Å². The van der Waals surface area contributed by atoms with Crippen molar-refractivity contribution in [2.75, 3.05) is 6.54 Å². The number of sulfonamides is 1. The Hall–Kier alpha value is -1.69. The maximum Gasteiger partial charge on any atom is 0.393 e. The highest BCUT2D eigenvalue weighted by Gasteiger charge is 2.52. The number of hydrogen-bond acceptors (Lipinski definition) is 5. The molecular formula is C20H28F3N3O5S. The second-order valence-corrected chi connectivity index (χ2v) is 11.4. The second-order valence-electron chi connectivity index (χ2n) is 9.47. The molecule has 6 atom stereocenters. The number of nitrogens with one attached hydrogen (secondary N) is 2. The van der Waals surface area contributed by atoms with Crippen LogP contribution < -0.4 is 10.0 Å². The van der Waals surface area contributed by atoms with Crippen LogP contribution in [0.15, 0.2) is 0 Å². The summed E-state index contributed by atoms with van der Waals surface area (Å²) < 4.78 is 68.5. The fourth-order valence-electron chi connectivity index (χ4n) is 5.88. The van der Waals surface area contributed by atoms with Crippen molar-refractivity contribution in [2.45, 2.75) is 81.3 Å². The van der Waals surface area contributed by atoms with E-state index < -0.39 is 45.4 Å². The summed E-state index contributed by atoms with van der Waals surface area (Å²) in [6.45, 7) is 0.280. The van der Waals surface area contributed by atoms with Crippen molar-refractivity contribution < 1.29 is 36.0 Å². The van der Waals surface area contributed by atoms with Gasteiger partial charge in [-0.3, -0.25) is 19.7 Å². The average molecular weight is 480 g/mol. The molecule has 2 aliphatic carbocycles. The highest BCUT2D eigenvalue weighted by Crippen LogP contribution is 2.42. The lowest BCUT2D eigenvalue weighted by Gasteiger charge is -2.35. The van der Waals surface area contributed by atoms with Gasteiger partial charge in [0.2, 0.25) is 27.7 Å². The van der Waals surface area contributed by atoms with E-state index in [0.717, 1.165) is 0 Å². The Morgan fingerprint density at radius 1 is 1.00 bits per heavy atom. The molecular weight excluding hydrogens is 451 g/mol. The van der Waals surface area contributed by atoms with Gasteiger partial charge in [0, 0.05) is 24.9 Å². The zero-order valence-corrected chi connectivity index (χ0v) is 18.4. The number of nitrogens with zero attached hydrogens (tertiary/aromatic N) is 1. The van der Waals surface area contributed by atoms with Gasteiger partial charge in [0.25, 0.3) is 0 Å². The van der Waals surface area contributed by atoms with Crippen molar-refractivity contribution in [1.29, 1.82) is 0 Å². The van der Waals surface area contributed by atoms with E-state index in [1.165, 1.54) is 4.90 Å². The number of imide groups is 1. The molecule has 8 nitrogen and oxygen atoms in total. The minimum atomic E-state index is -4.56. The third-order valence-electron chi connectivity index (χ3n) is 7.45. The van der Waals surface area contributed by atoms with Crippen LogP contribution >= 0.6 is 0 Å². The number of carbonyl (C=O) groups excluding carboxylic acids is 3. The molecule has 32 heavy (non-hydrogen) atoms. The molecule has 6 unspecified atom stereocenters. The fraction of sp³-hybridized carbons (Fsp3) is 0.850. The number of halogens is 3. The molecule has 0 aromatic heterocycles. The van der Waals surface area contributed by atoms with Gasteiger partial charge in [-0.15, -0.1) is 0 Å². The number of rotatable bonds is 4. The van der Waals surface area contributed by atoms with Crippen LogP contribution in [0, 0.1) is 17.8 Å². The van der Waals surface area contributed by atoms with Gasteiger partial charge >= 0.3 is 6.18 Å². The minimum absolute atomic E-state index is 0.0138. The smallest absolute Gasteiger partial charge is 0.330 e. The van der Waals surface area contributed by atoms with E-state index in [4.69, 9.17) is 0 Å². The Morgan fingerprint density at radius 3 is 2.41 bits per heavy atom. The van der Waals surface area contributed by atoms with Gasteiger partial charge in [-0.2, -0.15) is 13.2 Å². The van der Waals surface area contributed by atoms with Crippen LogP contribution in [-0.4, -0.2) is 61.1 Å². The summed E-state index contributed by atoms with van der Waals surface area (Å²) in [5.41, 5.74) is 0. The SMILES string of the molecule is O=C1CCC(N2CC3CC(NS(=O)(=O)C4CCCCC4C(F)(F)F)CCC3C2=O)C(=O)N1. The first-order valence-corrected chi connectivity index (χ1v) is 12.7. The summed E-state index contributed by atoms with van der Waals surface area (Å²) in [7, 11) is -4.18. The standard InChI is InChI=1S/C20H28F3N3O5S/c21-20(22,23)14-3-1-2-4-16(14)32(30,31)25-12-5-6-13-11(9-12)10-26(19(13)29)15-7-8-17(27)24-18(15)28/h11-16,25H,1-10H2,(H,24,27,28). The average Bonchev–Trinajstić information content (AvgIpc) is 3.03. The molecule has 180 valence electrons. The minimum Gasteiger partial charge on any atom is -0.330 e. The fourth-order valence-corrected chi connectivity index (χ4v) is 7.93. The normalized spacial score (nSPS) is 36.7. The van der Waals surface area contributed by atoms with Gasteiger partial charge in [0.15, 0.2) is 0 Å². The van der Waals surface area contributed by atoms with Gasteiger partial charge in [0.1, 0.15) is 6.04 Å². The Labute approximate surface area is 184 Å². The van der Waals surface area contributed by atoms with E-state index >= 15 is 0 Å². The molecule has 0 spiro atoms. The molecule has 2 N–H and O–H groups in total. The number of likely N-dealkylation sites (tertiary alicyclic amines) is 1. The number of alkyl halides is 3. The topological polar surface area (TPSA) is 113 Å². The molecule has 2 saturated heterocycles. The number of hydrogen-bond donors (Lipinski definition) is 2. The second kappa shape index (κ2) is 8.58. The van der Waals surface area contributed by atoms with Crippen LogP contribution in [0.3, 0.4) is 0 Å². The first-order chi connectivity index (χ1) is 15.0. The molecule has 2 saturated carbocycles. The molecule has 0 aromatic carbocycles. The van der Waals surface area contributed by atoms with Crippen molar-refractivity contribution in [1.82, 2.24) is 14.9 Å². The third-order valence-corrected chi connectivity index (χ3v) is 9.48. The molecule has 2 aliphatic heterocycles. The van der Waals surface area contributed by atoms with Crippen molar-refractivity contribution in [2.24, 2.45) is 17.8 Å². The van der Waals surface area contributed by atoms with E-state index in [0.29, 0.717) is 32.1 Å². The lowest BCUT2D eigenvalue weighted by atomic mass is 9.79. The van der Waals surface area contributed by atoms with E-state index in [9.17, 15) is 36.0 Å². The van der Waals surface area contributed by atoms with Crippen LogP contribution in [0.4, 0.5) is 13.2 Å². The van der Waals surface area contributed by atoms with Crippen molar-refractivity contribution in [3.05, 3.63) is 0 Å². The van der Waals surface area contributed by atoms with E-state index in [2.05, 4.69) is 10.0 Å². The maximum atomic E-state index is 13.4. The summed E-state index contributed by atoms with van der Waals surface area (Å²) in [6.07, 6.45) is -2.43. The van der Waals surface area contributed by atoms with Gasteiger partial charge < -0.3 is 4.90 Å². The molecule has 2 heterocycles. The predicted octanol–water partition coefficient (Wildman–Crippen LogP) is 1.46. The van der Waals surface area contributed by atoms with Gasteiger partial charge in [0.05, 0.1) is 11.2 Å². The highest BCUT2D eigenvalue weighted by atomic mass is 32.2. The van der Waals surface area contributed by atoms with Crippen LogP contribution in [0.1, 0.15) is 57.8 Å². The summed E-state index contributed by atoms with van der Waals surface area (Å²) >= 11 is 0. The Kier molecular flexibility index (Phi) is 6.30. The summed E-state index contributed by atoms with van der Waals surface area (Å²) in [6, 6.07) is -1.25. The molecule has 4 rings (SSSR count). The zero-order chi connectivity index (χ0) is 23.3. The van der Waals surface area contributed by atoms with Crippen molar-refractivity contribution in [3.63, 3.8) is 0 Å². The summed E-state index contributed by atoms with van der Waals surface area (Å²) in [4.78, 5) is 37.9. The van der Waals surface area contributed by atoms with Crippen LogP contribution in [-0.2, 0) is 24.4 Å². The van der Waals surface area contributed by atoms with Gasteiger partial charge in [-0.25, -0.2) is 13.1 Å². The lowest BCUT2D eigenvalue weighted by molar-refractivity contribution is -0.180. The van der Waals surface area contributed by atoms with Crippen molar-refractivity contribution >= 4 is 27.7 Å². The zero-order valence-electron chi connectivity index (χ0n) is 17.6. The largest absolute Gasteiger partial charge is 0.393 e. The Balaban J connectivity index is 1.41.